The van der Waals surface area contributed by atoms with Crippen molar-refractivity contribution in [2.75, 3.05) is 31.7 Å². The molecule has 0 saturated carbocycles. The average Bonchev–Trinajstić information content (AvgIpc) is 2.80. The molecule has 0 spiro atoms. The topological polar surface area (TPSA) is 108 Å². The molecule has 1 aromatic rings. The average molecular weight is 366 g/mol. The van der Waals surface area contributed by atoms with Gasteiger partial charge >= 0.3 is 12.1 Å². The summed E-state index contributed by atoms with van der Waals surface area (Å²) in [6, 6.07) is 2.74. The highest BCUT2D eigenvalue weighted by molar-refractivity contribution is 6.15. The second-order valence-electron chi connectivity index (χ2n) is 5.53. The quantitative estimate of drug-likeness (QED) is 0.562. The lowest BCUT2D eigenvalue weighted by atomic mass is 10.2. The number of rotatable bonds is 6. The van der Waals surface area contributed by atoms with Gasteiger partial charge in [0, 0.05) is 19.3 Å². The summed E-state index contributed by atoms with van der Waals surface area (Å²) in [7, 11) is 1.46. The Hall–Kier alpha value is -3.01. The SMILES string of the molecule is COCCNC(=O)NC(=O)CN1C(=O)[C@@H](C)N(c2ccc(F)cc2)C1=O. The number of carbonyl (C=O) groups is 4. The number of halogens is 1. The smallest absolute Gasteiger partial charge is 0.332 e. The van der Waals surface area contributed by atoms with E-state index in [9.17, 15) is 23.6 Å². The van der Waals surface area contributed by atoms with E-state index >= 15 is 0 Å². The van der Waals surface area contributed by atoms with Crippen LogP contribution >= 0.6 is 0 Å². The molecular formula is C16H19FN4O5. The van der Waals surface area contributed by atoms with E-state index in [1.807, 2.05) is 5.32 Å². The second kappa shape index (κ2) is 8.39. The number of anilines is 1. The maximum atomic E-state index is 13.0. The van der Waals surface area contributed by atoms with E-state index in [-0.39, 0.29) is 13.2 Å². The van der Waals surface area contributed by atoms with E-state index in [1.54, 1.807) is 0 Å². The van der Waals surface area contributed by atoms with E-state index in [4.69, 9.17) is 4.74 Å². The van der Waals surface area contributed by atoms with Crippen molar-refractivity contribution in [1.82, 2.24) is 15.5 Å². The summed E-state index contributed by atoms with van der Waals surface area (Å²) in [4.78, 5) is 50.1. The Bertz CT molecular complexity index is 709. The minimum absolute atomic E-state index is 0.201. The minimum Gasteiger partial charge on any atom is -0.383 e. The van der Waals surface area contributed by atoms with Crippen LogP contribution < -0.4 is 15.5 Å². The summed E-state index contributed by atoms with van der Waals surface area (Å²) >= 11 is 0. The molecule has 1 atom stereocenters. The van der Waals surface area contributed by atoms with Crippen molar-refractivity contribution in [3.63, 3.8) is 0 Å². The molecule has 6 amide bonds. The molecule has 0 unspecified atom stereocenters. The Labute approximate surface area is 149 Å². The molecule has 1 heterocycles. The molecule has 1 aromatic carbocycles. The van der Waals surface area contributed by atoms with Crippen LogP contribution in [-0.2, 0) is 14.3 Å². The summed E-state index contributed by atoms with van der Waals surface area (Å²) in [6.45, 7) is 1.37. The first-order chi connectivity index (χ1) is 12.3. The molecular weight excluding hydrogens is 347 g/mol. The van der Waals surface area contributed by atoms with Crippen LogP contribution in [0.4, 0.5) is 19.7 Å². The fraction of sp³-hybridized carbons (Fsp3) is 0.375. The van der Waals surface area contributed by atoms with Crippen molar-refractivity contribution in [2.24, 2.45) is 0 Å². The molecule has 10 heteroatoms. The van der Waals surface area contributed by atoms with Gasteiger partial charge in [-0.2, -0.15) is 0 Å². The predicted octanol–water partition coefficient (Wildman–Crippen LogP) is 0.455. The Morgan fingerprint density at radius 1 is 1.23 bits per heavy atom. The van der Waals surface area contributed by atoms with Crippen molar-refractivity contribution in [3.05, 3.63) is 30.1 Å². The van der Waals surface area contributed by atoms with Crippen LogP contribution in [0.15, 0.2) is 24.3 Å². The number of hydrogen-bond acceptors (Lipinski definition) is 5. The number of ether oxygens (including phenoxy) is 1. The van der Waals surface area contributed by atoms with Crippen LogP contribution in [0.3, 0.4) is 0 Å². The molecule has 0 bridgehead atoms. The molecule has 1 saturated heterocycles. The molecule has 0 aromatic heterocycles. The van der Waals surface area contributed by atoms with Crippen molar-refractivity contribution in [3.8, 4) is 0 Å². The number of urea groups is 2. The molecule has 1 aliphatic heterocycles. The van der Waals surface area contributed by atoms with Gasteiger partial charge in [-0.3, -0.25) is 24.7 Å². The highest BCUT2D eigenvalue weighted by Crippen LogP contribution is 2.25. The summed E-state index contributed by atoms with van der Waals surface area (Å²) in [5, 5.41) is 4.41. The first kappa shape index (κ1) is 19.3. The van der Waals surface area contributed by atoms with E-state index in [1.165, 1.54) is 38.3 Å². The first-order valence-corrected chi connectivity index (χ1v) is 7.82. The van der Waals surface area contributed by atoms with Gasteiger partial charge in [0.15, 0.2) is 0 Å². The number of carbonyl (C=O) groups excluding carboxylic acids is 4. The van der Waals surface area contributed by atoms with Crippen molar-refractivity contribution in [1.29, 1.82) is 0 Å². The molecule has 0 radical (unpaired) electrons. The van der Waals surface area contributed by atoms with Crippen LogP contribution in [0.25, 0.3) is 0 Å². The summed E-state index contributed by atoms with van der Waals surface area (Å²) in [5.41, 5.74) is 0.331. The van der Waals surface area contributed by atoms with Crippen molar-refractivity contribution in [2.45, 2.75) is 13.0 Å². The normalized spacial score (nSPS) is 16.8. The number of imide groups is 2. The highest BCUT2D eigenvalue weighted by Gasteiger charge is 2.44. The van der Waals surface area contributed by atoms with Gasteiger partial charge in [0.1, 0.15) is 18.4 Å². The van der Waals surface area contributed by atoms with E-state index in [2.05, 4.69) is 5.32 Å². The fourth-order valence-electron chi connectivity index (χ4n) is 2.43. The zero-order valence-corrected chi connectivity index (χ0v) is 14.3. The number of methoxy groups -OCH3 is 1. The number of benzene rings is 1. The Morgan fingerprint density at radius 3 is 2.50 bits per heavy atom. The van der Waals surface area contributed by atoms with Gasteiger partial charge < -0.3 is 10.1 Å². The van der Waals surface area contributed by atoms with Crippen molar-refractivity contribution >= 4 is 29.6 Å². The summed E-state index contributed by atoms with van der Waals surface area (Å²) in [6.07, 6.45) is 0. The maximum Gasteiger partial charge on any atom is 0.332 e. The van der Waals surface area contributed by atoms with Gasteiger partial charge in [-0.05, 0) is 31.2 Å². The predicted molar refractivity (Wildman–Crippen MR) is 88.9 cm³/mol. The third-order valence-corrected chi connectivity index (χ3v) is 3.70. The minimum atomic E-state index is -0.851. The van der Waals surface area contributed by atoms with Gasteiger partial charge in [0.25, 0.3) is 5.91 Å². The van der Waals surface area contributed by atoms with Crippen LogP contribution in [0, 0.1) is 5.82 Å². The second-order valence-corrected chi connectivity index (χ2v) is 5.53. The molecule has 2 N–H and O–H groups in total. The maximum absolute atomic E-state index is 13.0. The van der Waals surface area contributed by atoms with Crippen LogP contribution in [0.1, 0.15) is 6.92 Å². The Kier molecular flexibility index (Phi) is 6.23. The standard InChI is InChI=1S/C16H19FN4O5/c1-10-14(23)20(9-13(22)19-15(24)18-7-8-26-2)16(25)21(10)12-5-3-11(17)4-6-12/h3-6,10H,7-9H2,1-2H3,(H2,18,19,22,24)/t10-/m1/s1. The van der Waals surface area contributed by atoms with Crippen LogP contribution in [0.2, 0.25) is 0 Å². The van der Waals surface area contributed by atoms with Gasteiger partial charge in [0.05, 0.1) is 6.61 Å². The lowest BCUT2D eigenvalue weighted by Crippen LogP contribution is -2.47. The Morgan fingerprint density at radius 2 is 1.88 bits per heavy atom. The van der Waals surface area contributed by atoms with Crippen LogP contribution in [-0.4, -0.2) is 61.6 Å². The van der Waals surface area contributed by atoms with E-state index < -0.39 is 42.3 Å². The lowest BCUT2D eigenvalue weighted by Gasteiger charge is -2.19. The Balaban J connectivity index is 2.00. The zero-order chi connectivity index (χ0) is 19.3. The number of amides is 6. The number of hydrogen-bond donors (Lipinski definition) is 2. The molecule has 9 nitrogen and oxygen atoms in total. The van der Waals surface area contributed by atoms with E-state index in [0.29, 0.717) is 5.69 Å². The van der Waals surface area contributed by atoms with E-state index in [0.717, 1.165) is 9.80 Å². The number of nitrogens with zero attached hydrogens (tertiary/aromatic N) is 2. The third-order valence-electron chi connectivity index (χ3n) is 3.70. The third kappa shape index (κ3) is 4.33. The van der Waals surface area contributed by atoms with Gasteiger partial charge in [-0.15, -0.1) is 0 Å². The van der Waals surface area contributed by atoms with Gasteiger partial charge in [0.2, 0.25) is 5.91 Å². The monoisotopic (exact) mass is 366 g/mol. The summed E-state index contributed by atoms with van der Waals surface area (Å²) in [5.74, 6) is -1.88. The summed E-state index contributed by atoms with van der Waals surface area (Å²) < 4.78 is 17.8. The first-order valence-electron chi connectivity index (χ1n) is 7.82. The molecule has 2 rings (SSSR count). The molecule has 0 aliphatic carbocycles. The van der Waals surface area contributed by atoms with Gasteiger partial charge in [-0.25, -0.2) is 14.0 Å². The molecule has 140 valence electrons. The molecule has 1 fully saturated rings. The van der Waals surface area contributed by atoms with Gasteiger partial charge in [-0.1, -0.05) is 0 Å². The largest absolute Gasteiger partial charge is 0.383 e. The highest BCUT2D eigenvalue weighted by atomic mass is 19.1. The van der Waals surface area contributed by atoms with Crippen molar-refractivity contribution < 1.29 is 28.3 Å². The van der Waals surface area contributed by atoms with Crippen LogP contribution in [0.5, 0.6) is 0 Å². The molecule has 1 aliphatic rings. The number of nitrogens with one attached hydrogen (secondary N) is 2. The molecule has 26 heavy (non-hydrogen) atoms. The fourth-order valence-corrected chi connectivity index (χ4v) is 2.43. The zero-order valence-electron chi connectivity index (χ0n) is 14.3. The lowest BCUT2D eigenvalue weighted by molar-refractivity contribution is -0.131.